The lowest BCUT2D eigenvalue weighted by atomic mass is 10.2. The van der Waals surface area contributed by atoms with E-state index in [1.807, 2.05) is 11.8 Å². The molecular formula is C13H23N3O2. The van der Waals surface area contributed by atoms with Crippen LogP contribution in [0.3, 0.4) is 0 Å². The van der Waals surface area contributed by atoms with Crippen LogP contribution in [0.25, 0.3) is 0 Å². The van der Waals surface area contributed by atoms with Crippen LogP contribution in [0.2, 0.25) is 0 Å². The van der Waals surface area contributed by atoms with Crippen molar-refractivity contribution in [3.05, 3.63) is 0 Å². The number of amides is 2. The molecule has 1 heterocycles. The molecule has 5 nitrogen and oxygen atoms in total. The molecule has 1 N–H and O–H groups in total. The van der Waals surface area contributed by atoms with Gasteiger partial charge in [0.2, 0.25) is 11.8 Å². The van der Waals surface area contributed by atoms with Gasteiger partial charge in [-0.05, 0) is 19.9 Å². The SMILES string of the molecule is CCCNC(=O)C1CC1C(=O)N1CCN(C)CC1. The van der Waals surface area contributed by atoms with E-state index in [1.54, 1.807) is 0 Å². The van der Waals surface area contributed by atoms with Gasteiger partial charge in [-0.3, -0.25) is 9.59 Å². The van der Waals surface area contributed by atoms with Gasteiger partial charge >= 0.3 is 0 Å². The van der Waals surface area contributed by atoms with Crippen LogP contribution in [0.15, 0.2) is 0 Å². The zero-order chi connectivity index (χ0) is 13.1. The van der Waals surface area contributed by atoms with Crippen molar-refractivity contribution in [2.45, 2.75) is 19.8 Å². The largest absolute Gasteiger partial charge is 0.356 e. The average Bonchev–Trinajstić information content (AvgIpc) is 3.16. The Kier molecular flexibility index (Phi) is 4.22. The highest BCUT2D eigenvalue weighted by atomic mass is 16.2. The van der Waals surface area contributed by atoms with Crippen LogP contribution in [0.5, 0.6) is 0 Å². The number of rotatable bonds is 4. The number of likely N-dealkylation sites (N-methyl/N-ethyl adjacent to an activating group) is 1. The smallest absolute Gasteiger partial charge is 0.226 e. The molecule has 2 rings (SSSR count). The predicted molar refractivity (Wildman–Crippen MR) is 69.0 cm³/mol. The van der Waals surface area contributed by atoms with Gasteiger partial charge in [0.15, 0.2) is 0 Å². The molecule has 0 bridgehead atoms. The summed E-state index contributed by atoms with van der Waals surface area (Å²) in [4.78, 5) is 28.0. The molecule has 1 saturated heterocycles. The van der Waals surface area contributed by atoms with E-state index in [4.69, 9.17) is 0 Å². The number of hydrogen-bond acceptors (Lipinski definition) is 3. The molecule has 1 aliphatic heterocycles. The minimum atomic E-state index is -0.0660. The topological polar surface area (TPSA) is 52.7 Å². The molecule has 5 heteroatoms. The van der Waals surface area contributed by atoms with Crippen LogP contribution in [0.1, 0.15) is 19.8 Å². The maximum Gasteiger partial charge on any atom is 0.226 e. The Balaban J connectivity index is 1.77. The van der Waals surface area contributed by atoms with Crippen LogP contribution >= 0.6 is 0 Å². The van der Waals surface area contributed by atoms with Crippen molar-refractivity contribution in [2.75, 3.05) is 39.8 Å². The Morgan fingerprint density at radius 1 is 1.17 bits per heavy atom. The number of hydrogen-bond donors (Lipinski definition) is 1. The number of nitrogens with one attached hydrogen (secondary N) is 1. The van der Waals surface area contributed by atoms with Gasteiger partial charge in [0.1, 0.15) is 0 Å². The maximum absolute atomic E-state index is 12.2. The Bertz CT molecular complexity index is 324. The zero-order valence-electron chi connectivity index (χ0n) is 11.3. The maximum atomic E-state index is 12.2. The number of nitrogens with zero attached hydrogens (tertiary/aromatic N) is 2. The summed E-state index contributed by atoms with van der Waals surface area (Å²) in [5, 5.41) is 2.87. The van der Waals surface area contributed by atoms with Crippen molar-refractivity contribution in [1.82, 2.24) is 15.1 Å². The molecule has 0 aromatic rings. The van der Waals surface area contributed by atoms with Crippen LogP contribution in [-0.4, -0.2) is 61.4 Å². The van der Waals surface area contributed by atoms with E-state index in [2.05, 4.69) is 17.3 Å². The molecule has 18 heavy (non-hydrogen) atoms. The van der Waals surface area contributed by atoms with Crippen molar-refractivity contribution in [3.8, 4) is 0 Å². The molecule has 2 amide bonds. The van der Waals surface area contributed by atoms with Gasteiger partial charge in [-0.2, -0.15) is 0 Å². The Morgan fingerprint density at radius 3 is 2.44 bits per heavy atom. The monoisotopic (exact) mass is 253 g/mol. The fraction of sp³-hybridized carbons (Fsp3) is 0.846. The molecule has 1 aliphatic carbocycles. The van der Waals surface area contributed by atoms with Crippen LogP contribution in [0.4, 0.5) is 0 Å². The lowest BCUT2D eigenvalue weighted by molar-refractivity contribution is -0.136. The summed E-state index contributed by atoms with van der Waals surface area (Å²) in [5.74, 6) is 0.123. The van der Waals surface area contributed by atoms with Gasteiger partial charge in [-0.25, -0.2) is 0 Å². The summed E-state index contributed by atoms with van der Waals surface area (Å²) >= 11 is 0. The van der Waals surface area contributed by atoms with Crippen LogP contribution in [-0.2, 0) is 9.59 Å². The summed E-state index contributed by atoms with van der Waals surface area (Å²) in [6.45, 7) is 6.21. The number of piperazine rings is 1. The number of carbonyl (C=O) groups is 2. The van der Waals surface area contributed by atoms with Gasteiger partial charge < -0.3 is 15.1 Å². The van der Waals surface area contributed by atoms with E-state index in [1.165, 1.54) is 0 Å². The summed E-state index contributed by atoms with van der Waals surface area (Å²) in [6, 6.07) is 0. The Morgan fingerprint density at radius 2 is 1.83 bits per heavy atom. The first-order valence-electron chi connectivity index (χ1n) is 6.88. The third-order valence-corrected chi connectivity index (χ3v) is 3.81. The van der Waals surface area contributed by atoms with E-state index in [-0.39, 0.29) is 23.7 Å². The first-order valence-corrected chi connectivity index (χ1v) is 6.88. The standard InChI is InChI=1S/C13H23N3O2/c1-3-4-14-12(17)10-9-11(10)13(18)16-7-5-15(2)6-8-16/h10-11H,3-9H2,1-2H3,(H,14,17). The fourth-order valence-corrected chi connectivity index (χ4v) is 2.40. The average molecular weight is 253 g/mol. The van der Waals surface area contributed by atoms with E-state index >= 15 is 0 Å². The highest BCUT2D eigenvalue weighted by Crippen LogP contribution is 2.40. The Hall–Kier alpha value is -1.10. The molecule has 102 valence electrons. The second-order valence-corrected chi connectivity index (χ2v) is 5.37. The van der Waals surface area contributed by atoms with Gasteiger partial charge in [-0.1, -0.05) is 6.92 Å². The van der Waals surface area contributed by atoms with E-state index < -0.39 is 0 Å². The normalized spacial score (nSPS) is 28.0. The van der Waals surface area contributed by atoms with E-state index in [9.17, 15) is 9.59 Å². The lowest BCUT2D eigenvalue weighted by Crippen LogP contribution is -2.48. The molecule has 2 atom stereocenters. The zero-order valence-corrected chi connectivity index (χ0v) is 11.3. The van der Waals surface area contributed by atoms with Crippen molar-refractivity contribution >= 4 is 11.8 Å². The third kappa shape index (κ3) is 3.02. The molecule has 0 spiro atoms. The second kappa shape index (κ2) is 5.69. The van der Waals surface area contributed by atoms with Crippen LogP contribution in [0, 0.1) is 11.8 Å². The summed E-state index contributed by atoms with van der Waals surface area (Å²) in [5.41, 5.74) is 0. The molecule has 1 saturated carbocycles. The molecule has 0 radical (unpaired) electrons. The van der Waals surface area contributed by atoms with Gasteiger partial charge in [-0.15, -0.1) is 0 Å². The highest BCUT2D eigenvalue weighted by Gasteiger charge is 2.49. The summed E-state index contributed by atoms with van der Waals surface area (Å²) in [6.07, 6.45) is 1.68. The third-order valence-electron chi connectivity index (χ3n) is 3.81. The predicted octanol–water partition coefficient (Wildman–Crippen LogP) is -0.0773. The lowest BCUT2D eigenvalue weighted by Gasteiger charge is -2.32. The molecule has 2 aliphatic rings. The second-order valence-electron chi connectivity index (χ2n) is 5.37. The van der Waals surface area contributed by atoms with Crippen molar-refractivity contribution < 1.29 is 9.59 Å². The molecule has 0 aromatic heterocycles. The van der Waals surface area contributed by atoms with Crippen molar-refractivity contribution in [1.29, 1.82) is 0 Å². The summed E-state index contributed by atoms with van der Waals surface area (Å²) < 4.78 is 0. The summed E-state index contributed by atoms with van der Waals surface area (Å²) in [7, 11) is 2.07. The Labute approximate surface area is 108 Å². The molecular weight excluding hydrogens is 230 g/mol. The van der Waals surface area contributed by atoms with Crippen LogP contribution < -0.4 is 5.32 Å². The van der Waals surface area contributed by atoms with Gasteiger partial charge in [0.05, 0.1) is 11.8 Å². The molecule has 2 unspecified atom stereocenters. The van der Waals surface area contributed by atoms with Gasteiger partial charge in [0.25, 0.3) is 0 Å². The first kappa shape index (κ1) is 13.3. The quantitative estimate of drug-likeness (QED) is 0.762. The van der Waals surface area contributed by atoms with Gasteiger partial charge in [0, 0.05) is 32.7 Å². The first-order chi connectivity index (χ1) is 8.63. The number of carbonyl (C=O) groups excluding carboxylic acids is 2. The minimum absolute atomic E-state index is 0.0507. The minimum Gasteiger partial charge on any atom is -0.356 e. The molecule has 2 fully saturated rings. The van der Waals surface area contributed by atoms with E-state index in [0.717, 1.165) is 39.0 Å². The highest BCUT2D eigenvalue weighted by molar-refractivity contribution is 5.92. The molecule has 0 aromatic carbocycles. The van der Waals surface area contributed by atoms with Crippen molar-refractivity contribution in [3.63, 3.8) is 0 Å². The fourth-order valence-electron chi connectivity index (χ4n) is 2.40. The van der Waals surface area contributed by atoms with Crippen molar-refractivity contribution in [2.24, 2.45) is 11.8 Å². The van der Waals surface area contributed by atoms with E-state index in [0.29, 0.717) is 6.54 Å².